The maximum atomic E-state index is 6.14. The molecule has 0 radical (unpaired) electrons. The molecular weight excluding hydrogens is 192 g/mol. The molecule has 0 aliphatic carbocycles. The van der Waals surface area contributed by atoms with Crippen molar-refractivity contribution in [2.75, 3.05) is 0 Å². The second-order valence-electron chi connectivity index (χ2n) is 5.06. The van der Waals surface area contributed by atoms with E-state index in [1.807, 2.05) is 6.92 Å². The molecule has 1 aromatic heterocycles. The Morgan fingerprint density at radius 3 is 2.29 bits per heavy atom. The fraction of sp³-hybridized carbons (Fsp3) is 0.727. The molecule has 0 fully saturated rings. The normalized spacial score (nSPS) is 16.7. The molecule has 1 atom stereocenters. The fourth-order valence-corrected chi connectivity index (χ4v) is 2.23. The lowest BCUT2D eigenvalue weighted by Crippen LogP contribution is -2.32. The van der Waals surface area contributed by atoms with Gasteiger partial charge < -0.3 is 5.73 Å². The summed E-state index contributed by atoms with van der Waals surface area (Å²) in [5.74, 6) is 0. The van der Waals surface area contributed by atoms with Crippen molar-refractivity contribution in [3.05, 3.63) is 16.1 Å². The molecule has 0 aliphatic heterocycles. The number of nitrogens with zero attached hydrogens (tertiary/aromatic N) is 1. The SMILES string of the molecule is CCC(C)(N)c1nc(C(C)(C)C)cs1. The lowest BCUT2D eigenvalue weighted by molar-refractivity contribution is 0.467. The van der Waals surface area contributed by atoms with Crippen molar-refractivity contribution in [1.82, 2.24) is 4.98 Å². The van der Waals surface area contributed by atoms with E-state index in [-0.39, 0.29) is 11.0 Å². The lowest BCUT2D eigenvalue weighted by atomic mass is 9.93. The molecular formula is C11H20N2S. The first-order chi connectivity index (χ1) is 6.27. The van der Waals surface area contributed by atoms with E-state index in [1.165, 1.54) is 0 Å². The van der Waals surface area contributed by atoms with E-state index >= 15 is 0 Å². The molecule has 3 heteroatoms. The molecule has 0 bridgehead atoms. The molecule has 2 N–H and O–H groups in total. The maximum Gasteiger partial charge on any atom is 0.112 e. The average molecular weight is 212 g/mol. The van der Waals surface area contributed by atoms with Gasteiger partial charge in [0.15, 0.2) is 0 Å². The zero-order valence-electron chi connectivity index (χ0n) is 9.72. The largest absolute Gasteiger partial charge is 0.320 e. The van der Waals surface area contributed by atoms with Gasteiger partial charge in [-0.05, 0) is 13.3 Å². The van der Waals surface area contributed by atoms with Crippen LogP contribution in [0.3, 0.4) is 0 Å². The number of hydrogen-bond acceptors (Lipinski definition) is 3. The van der Waals surface area contributed by atoms with E-state index in [1.54, 1.807) is 11.3 Å². The van der Waals surface area contributed by atoms with Crippen LogP contribution in [0.25, 0.3) is 0 Å². The minimum atomic E-state index is -0.270. The van der Waals surface area contributed by atoms with Crippen LogP contribution in [0.5, 0.6) is 0 Å². The summed E-state index contributed by atoms with van der Waals surface area (Å²) < 4.78 is 0. The molecule has 0 saturated carbocycles. The van der Waals surface area contributed by atoms with Gasteiger partial charge in [0.05, 0.1) is 11.2 Å². The van der Waals surface area contributed by atoms with E-state index < -0.39 is 0 Å². The van der Waals surface area contributed by atoms with Gasteiger partial charge in [-0.1, -0.05) is 27.7 Å². The Morgan fingerprint density at radius 2 is 1.93 bits per heavy atom. The van der Waals surface area contributed by atoms with Gasteiger partial charge in [0.25, 0.3) is 0 Å². The van der Waals surface area contributed by atoms with Crippen molar-refractivity contribution >= 4 is 11.3 Å². The highest BCUT2D eigenvalue weighted by atomic mass is 32.1. The number of rotatable bonds is 2. The van der Waals surface area contributed by atoms with Crippen molar-refractivity contribution in [2.24, 2.45) is 5.73 Å². The molecule has 0 aliphatic rings. The maximum absolute atomic E-state index is 6.14. The van der Waals surface area contributed by atoms with E-state index in [2.05, 4.69) is 38.1 Å². The second kappa shape index (κ2) is 3.63. The molecule has 1 heterocycles. The smallest absolute Gasteiger partial charge is 0.112 e. The standard InChI is InChI=1S/C11H20N2S/c1-6-11(5,12)9-13-8(7-14-9)10(2,3)4/h7H,6,12H2,1-5H3. The summed E-state index contributed by atoms with van der Waals surface area (Å²) in [6.07, 6.45) is 0.921. The Morgan fingerprint density at radius 1 is 1.36 bits per heavy atom. The van der Waals surface area contributed by atoms with Crippen molar-refractivity contribution < 1.29 is 0 Å². The summed E-state index contributed by atoms with van der Waals surface area (Å²) >= 11 is 1.67. The summed E-state index contributed by atoms with van der Waals surface area (Å²) in [5.41, 5.74) is 7.14. The third-order valence-electron chi connectivity index (χ3n) is 2.50. The first-order valence-electron chi connectivity index (χ1n) is 5.03. The van der Waals surface area contributed by atoms with Crippen LogP contribution < -0.4 is 5.73 Å². The Bertz CT molecular complexity index is 307. The van der Waals surface area contributed by atoms with Gasteiger partial charge in [-0.25, -0.2) is 4.98 Å². The monoisotopic (exact) mass is 212 g/mol. The Balaban J connectivity index is 3.00. The Kier molecular flexibility index (Phi) is 3.02. The number of nitrogens with two attached hydrogens (primary N) is 1. The molecule has 14 heavy (non-hydrogen) atoms. The highest BCUT2D eigenvalue weighted by Crippen LogP contribution is 2.29. The van der Waals surface area contributed by atoms with Gasteiger partial charge in [0.2, 0.25) is 0 Å². The number of thiazole rings is 1. The van der Waals surface area contributed by atoms with Crippen LogP contribution in [-0.2, 0) is 11.0 Å². The van der Waals surface area contributed by atoms with Gasteiger partial charge in [0, 0.05) is 10.8 Å². The zero-order chi connectivity index (χ0) is 11.0. The van der Waals surface area contributed by atoms with Crippen LogP contribution in [0.15, 0.2) is 5.38 Å². The quantitative estimate of drug-likeness (QED) is 0.818. The van der Waals surface area contributed by atoms with Gasteiger partial charge in [-0.2, -0.15) is 0 Å². The Labute approximate surface area is 90.6 Å². The Hall–Kier alpha value is -0.410. The van der Waals surface area contributed by atoms with E-state index in [4.69, 9.17) is 5.73 Å². The fourth-order valence-electron chi connectivity index (χ4n) is 1.03. The highest BCUT2D eigenvalue weighted by Gasteiger charge is 2.25. The molecule has 80 valence electrons. The van der Waals surface area contributed by atoms with Crippen LogP contribution in [0.4, 0.5) is 0 Å². The molecule has 0 spiro atoms. The third kappa shape index (κ3) is 2.34. The van der Waals surface area contributed by atoms with Crippen molar-refractivity contribution in [3.8, 4) is 0 Å². The first-order valence-corrected chi connectivity index (χ1v) is 5.90. The van der Waals surface area contributed by atoms with Gasteiger partial charge >= 0.3 is 0 Å². The lowest BCUT2D eigenvalue weighted by Gasteiger charge is -2.20. The summed E-state index contributed by atoms with van der Waals surface area (Å²) in [4.78, 5) is 4.62. The predicted molar refractivity (Wildman–Crippen MR) is 62.6 cm³/mol. The summed E-state index contributed by atoms with van der Waals surface area (Å²) in [6.45, 7) is 10.7. The van der Waals surface area contributed by atoms with E-state index in [0.29, 0.717) is 0 Å². The van der Waals surface area contributed by atoms with Gasteiger partial charge in [-0.3, -0.25) is 0 Å². The summed E-state index contributed by atoms with van der Waals surface area (Å²) in [5, 5.41) is 3.17. The molecule has 0 saturated heterocycles. The predicted octanol–water partition coefficient (Wildman–Crippen LogP) is 3.02. The average Bonchev–Trinajstić information content (AvgIpc) is 2.51. The molecule has 1 aromatic rings. The zero-order valence-corrected chi connectivity index (χ0v) is 10.5. The van der Waals surface area contributed by atoms with Crippen LogP contribution in [0.1, 0.15) is 51.7 Å². The third-order valence-corrected chi connectivity index (χ3v) is 3.62. The minimum Gasteiger partial charge on any atom is -0.320 e. The molecule has 1 unspecified atom stereocenters. The van der Waals surface area contributed by atoms with Crippen molar-refractivity contribution in [3.63, 3.8) is 0 Å². The molecule has 2 nitrogen and oxygen atoms in total. The number of hydrogen-bond donors (Lipinski definition) is 1. The van der Waals surface area contributed by atoms with Crippen LogP contribution in [0, 0.1) is 0 Å². The topological polar surface area (TPSA) is 38.9 Å². The van der Waals surface area contributed by atoms with Gasteiger partial charge in [-0.15, -0.1) is 11.3 Å². The first kappa shape index (κ1) is 11.7. The van der Waals surface area contributed by atoms with E-state index in [9.17, 15) is 0 Å². The van der Waals surface area contributed by atoms with Crippen LogP contribution >= 0.6 is 11.3 Å². The molecule has 1 rings (SSSR count). The summed E-state index contributed by atoms with van der Waals surface area (Å²) in [6, 6.07) is 0. The number of aromatic nitrogens is 1. The van der Waals surface area contributed by atoms with Crippen molar-refractivity contribution in [2.45, 2.75) is 52.0 Å². The summed E-state index contributed by atoms with van der Waals surface area (Å²) in [7, 11) is 0. The molecule has 0 amide bonds. The van der Waals surface area contributed by atoms with Gasteiger partial charge in [0.1, 0.15) is 5.01 Å². The van der Waals surface area contributed by atoms with Crippen LogP contribution in [-0.4, -0.2) is 4.98 Å². The second-order valence-corrected chi connectivity index (χ2v) is 5.92. The van der Waals surface area contributed by atoms with E-state index in [0.717, 1.165) is 17.1 Å². The van der Waals surface area contributed by atoms with Crippen molar-refractivity contribution in [1.29, 1.82) is 0 Å². The molecule has 0 aromatic carbocycles. The minimum absolute atomic E-state index is 0.124. The highest BCUT2D eigenvalue weighted by molar-refractivity contribution is 7.09. The van der Waals surface area contributed by atoms with Crippen LogP contribution in [0.2, 0.25) is 0 Å².